The van der Waals surface area contributed by atoms with E-state index in [1.54, 1.807) is 24.0 Å². The smallest absolute Gasteiger partial charge is 0.338 e. The fraction of sp³-hybridized carbons (Fsp3) is 0.300. The molecule has 0 spiro atoms. The van der Waals surface area contributed by atoms with Crippen molar-refractivity contribution in [2.24, 2.45) is 0 Å². The van der Waals surface area contributed by atoms with E-state index in [9.17, 15) is 9.59 Å². The quantitative estimate of drug-likeness (QED) is 0.246. The van der Waals surface area contributed by atoms with E-state index in [-0.39, 0.29) is 23.8 Å². The first kappa shape index (κ1) is 25.9. The van der Waals surface area contributed by atoms with Gasteiger partial charge in [-0.25, -0.2) is 13.9 Å². The maximum atomic E-state index is 15.8. The lowest BCUT2D eigenvalue weighted by Gasteiger charge is -2.46. The summed E-state index contributed by atoms with van der Waals surface area (Å²) in [5, 5.41) is 6.44. The highest BCUT2D eigenvalue weighted by Crippen LogP contribution is 2.48. The molecule has 0 radical (unpaired) electrons. The summed E-state index contributed by atoms with van der Waals surface area (Å²) < 4.78 is 22.7. The van der Waals surface area contributed by atoms with Crippen molar-refractivity contribution in [2.75, 3.05) is 11.5 Å². The van der Waals surface area contributed by atoms with Crippen molar-refractivity contribution in [3.8, 4) is 5.69 Å². The molecule has 0 atom stereocenters. The molecule has 1 saturated carbocycles. The summed E-state index contributed by atoms with van der Waals surface area (Å²) in [6.45, 7) is 3.34. The van der Waals surface area contributed by atoms with E-state index in [4.69, 9.17) is 21.4 Å². The summed E-state index contributed by atoms with van der Waals surface area (Å²) in [4.78, 5) is 27.3. The number of hydrogen-bond donors (Lipinski definition) is 0. The van der Waals surface area contributed by atoms with Crippen molar-refractivity contribution in [3.63, 3.8) is 0 Å². The van der Waals surface area contributed by atoms with Crippen LogP contribution in [0.4, 0.5) is 10.1 Å². The number of benzene rings is 3. The lowest BCUT2D eigenvalue weighted by molar-refractivity contribution is -0.118. The largest absolute Gasteiger partial charge is 0.462 e. The molecule has 0 unspecified atom stereocenters. The van der Waals surface area contributed by atoms with Crippen LogP contribution in [0.15, 0.2) is 66.7 Å². The second-order valence-electron chi connectivity index (χ2n) is 9.59. The van der Waals surface area contributed by atoms with Crippen LogP contribution in [0.25, 0.3) is 16.6 Å². The van der Waals surface area contributed by atoms with E-state index in [1.165, 1.54) is 19.1 Å². The van der Waals surface area contributed by atoms with Gasteiger partial charge in [-0.15, -0.1) is 0 Å². The number of anilines is 1. The van der Waals surface area contributed by atoms with Gasteiger partial charge in [0.05, 0.1) is 40.3 Å². The Balaban J connectivity index is 1.76. The van der Waals surface area contributed by atoms with E-state index in [0.717, 1.165) is 47.6 Å². The number of fused-ring (bicyclic) bond motifs is 1. The Morgan fingerprint density at radius 2 is 1.76 bits per heavy atom. The average Bonchev–Trinajstić information content (AvgIpc) is 3.31. The standard InChI is InChI=1S/C30H29ClFN3O3/c1-3-38-29(37)21-11-16-27(25(32)19-21)34(20(2)36)30(17-7-4-8-18-30)28-24-9-5-6-10-26(24)33-35(28)23-14-12-22(31)13-15-23/h5-6,9-16,19H,3-4,7-8,17-18H2,1-2H3. The third-order valence-electron chi connectivity index (χ3n) is 7.21. The molecule has 4 aromatic rings. The minimum Gasteiger partial charge on any atom is -0.462 e. The molecular weight excluding hydrogens is 505 g/mol. The molecule has 0 N–H and O–H groups in total. The van der Waals surface area contributed by atoms with Gasteiger partial charge < -0.3 is 4.74 Å². The molecule has 0 saturated heterocycles. The van der Waals surface area contributed by atoms with Crippen LogP contribution in [0.3, 0.4) is 0 Å². The second-order valence-corrected chi connectivity index (χ2v) is 10.0. The molecule has 1 aliphatic rings. The Kier molecular flexibility index (Phi) is 7.21. The Morgan fingerprint density at radius 3 is 2.42 bits per heavy atom. The van der Waals surface area contributed by atoms with Gasteiger partial charge in [-0.3, -0.25) is 9.69 Å². The summed E-state index contributed by atoms with van der Waals surface area (Å²) in [6, 6.07) is 19.4. The molecule has 8 heteroatoms. The number of carbonyl (C=O) groups is 2. The van der Waals surface area contributed by atoms with E-state index in [0.29, 0.717) is 17.9 Å². The average molecular weight is 534 g/mol. The molecule has 1 heterocycles. The van der Waals surface area contributed by atoms with Gasteiger partial charge in [0.1, 0.15) is 5.82 Å². The normalized spacial score (nSPS) is 14.8. The number of rotatable bonds is 6. The van der Waals surface area contributed by atoms with Gasteiger partial charge in [0.15, 0.2) is 0 Å². The number of ether oxygens (including phenoxy) is 1. The first-order chi connectivity index (χ1) is 18.4. The number of carbonyl (C=O) groups excluding carboxylic acids is 2. The molecule has 1 aromatic heterocycles. The lowest BCUT2D eigenvalue weighted by Crippen LogP contribution is -2.52. The van der Waals surface area contributed by atoms with Crippen LogP contribution >= 0.6 is 11.6 Å². The van der Waals surface area contributed by atoms with Crippen LogP contribution in [0, 0.1) is 5.82 Å². The van der Waals surface area contributed by atoms with Crippen molar-refractivity contribution < 1.29 is 18.7 Å². The zero-order valence-electron chi connectivity index (χ0n) is 21.4. The molecule has 38 heavy (non-hydrogen) atoms. The lowest BCUT2D eigenvalue weighted by atomic mass is 9.76. The molecule has 0 aliphatic heterocycles. The number of amides is 1. The number of esters is 1. The maximum absolute atomic E-state index is 15.8. The Bertz CT molecular complexity index is 1490. The molecule has 1 fully saturated rings. The summed E-state index contributed by atoms with van der Waals surface area (Å²) in [5.74, 6) is -1.55. The number of hydrogen-bond acceptors (Lipinski definition) is 4. The maximum Gasteiger partial charge on any atom is 0.338 e. The Hall–Kier alpha value is -3.71. The first-order valence-electron chi connectivity index (χ1n) is 12.9. The molecule has 1 aliphatic carbocycles. The van der Waals surface area contributed by atoms with Crippen LogP contribution in [0.2, 0.25) is 5.02 Å². The Labute approximate surface area is 226 Å². The molecule has 5 rings (SSSR count). The number of nitrogens with zero attached hydrogens (tertiary/aromatic N) is 3. The summed E-state index contributed by atoms with van der Waals surface area (Å²) >= 11 is 6.18. The van der Waals surface area contributed by atoms with Crippen LogP contribution < -0.4 is 4.90 Å². The highest BCUT2D eigenvalue weighted by molar-refractivity contribution is 6.30. The predicted molar refractivity (Wildman–Crippen MR) is 146 cm³/mol. The molecular formula is C30H29ClFN3O3. The van der Waals surface area contributed by atoms with Crippen molar-refractivity contribution >= 4 is 40.1 Å². The third kappa shape index (κ3) is 4.56. The van der Waals surface area contributed by atoms with Crippen LogP contribution in [0.1, 0.15) is 62.0 Å². The van der Waals surface area contributed by atoms with Crippen LogP contribution in [0.5, 0.6) is 0 Å². The van der Waals surface area contributed by atoms with E-state index in [1.807, 2.05) is 41.1 Å². The molecule has 1 amide bonds. The second kappa shape index (κ2) is 10.6. The van der Waals surface area contributed by atoms with Crippen LogP contribution in [-0.4, -0.2) is 28.3 Å². The van der Waals surface area contributed by atoms with Gasteiger partial charge in [0.25, 0.3) is 0 Å². The van der Waals surface area contributed by atoms with Gasteiger partial charge in [-0.05, 0) is 68.3 Å². The fourth-order valence-corrected chi connectivity index (χ4v) is 5.81. The van der Waals surface area contributed by atoms with E-state index < -0.39 is 17.3 Å². The zero-order chi connectivity index (χ0) is 26.9. The van der Waals surface area contributed by atoms with Crippen molar-refractivity contribution in [2.45, 2.75) is 51.5 Å². The van der Waals surface area contributed by atoms with Gasteiger partial charge in [0.2, 0.25) is 5.91 Å². The molecule has 3 aromatic carbocycles. The van der Waals surface area contributed by atoms with Gasteiger partial charge >= 0.3 is 5.97 Å². The minimum absolute atomic E-state index is 0.103. The highest BCUT2D eigenvalue weighted by Gasteiger charge is 2.46. The van der Waals surface area contributed by atoms with Crippen molar-refractivity contribution in [1.29, 1.82) is 0 Å². The predicted octanol–water partition coefficient (Wildman–Crippen LogP) is 7.21. The summed E-state index contributed by atoms with van der Waals surface area (Å²) in [5.41, 5.74) is 1.77. The minimum atomic E-state index is -0.869. The summed E-state index contributed by atoms with van der Waals surface area (Å²) in [7, 11) is 0. The monoisotopic (exact) mass is 533 g/mol. The van der Waals surface area contributed by atoms with Gasteiger partial charge in [-0.1, -0.05) is 49.1 Å². The Morgan fingerprint density at radius 1 is 1.05 bits per heavy atom. The topological polar surface area (TPSA) is 64.4 Å². The van der Waals surface area contributed by atoms with Crippen LogP contribution in [-0.2, 0) is 15.1 Å². The van der Waals surface area contributed by atoms with Gasteiger partial charge in [-0.2, -0.15) is 5.10 Å². The fourth-order valence-electron chi connectivity index (χ4n) is 5.68. The van der Waals surface area contributed by atoms with Crippen molar-refractivity contribution in [1.82, 2.24) is 9.78 Å². The number of aromatic nitrogens is 2. The molecule has 0 bridgehead atoms. The first-order valence-corrected chi connectivity index (χ1v) is 13.2. The summed E-state index contributed by atoms with van der Waals surface area (Å²) in [6.07, 6.45) is 4.02. The highest BCUT2D eigenvalue weighted by atomic mass is 35.5. The molecule has 6 nitrogen and oxygen atoms in total. The SMILES string of the molecule is CCOC(=O)c1ccc(N(C(C)=O)C2(c3c4ccccc4nn3-c3ccc(Cl)cc3)CCCCC2)c(F)c1. The van der Waals surface area contributed by atoms with E-state index in [2.05, 4.69) is 0 Å². The number of halogens is 2. The molecule has 196 valence electrons. The van der Waals surface area contributed by atoms with E-state index >= 15 is 4.39 Å². The zero-order valence-corrected chi connectivity index (χ0v) is 22.2. The van der Waals surface area contributed by atoms with Crippen molar-refractivity contribution in [3.05, 3.63) is 88.8 Å². The third-order valence-corrected chi connectivity index (χ3v) is 7.47. The van der Waals surface area contributed by atoms with Gasteiger partial charge in [0, 0.05) is 17.3 Å².